The molecule has 2 aliphatic rings. The van der Waals surface area contributed by atoms with E-state index in [1.807, 2.05) is 4.90 Å². The predicted molar refractivity (Wildman–Crippen MR) is 71.5 cm³/mol. The van der Waals surface area contributed by atoms with Crippen LogP contribution in [-0.2, 0) is 17.6 Å². The highest BCUT2D eigenvalue weighted by atomic mass is 16.2. The van der Waals surface area contributed by atoms with E-state index >= 15 is 0 Å². The maximum absolute atomic E-state index is 12.4. The van der Waals surface area contributed by atoms with Crippen LogP contribution in [0.15, 0.2) is 24.3 Å². The highest BCUT2D eigenvalue weighted by Gasteiger charge is 2.27. The van der Waals surface area contributed by atoms with Crippen molar-refractivity contribution in [3.05, 3.63) is 35.4 Å². The Hall–Kier alpha value is -1.35. The van der Waals surface area contributed by atoms with Crippen molar-refractivity contribution in [3.63, 3.8) is 0 Å². The van der Waals surface area contributed by atoms with Crippen molar-refractivity contribution in [3.8, 4) is 0 Å². The van der Waals surface area contributed by atoms with Gasteiger partial charge < -0.3 is 10.2 Å². The molecule has 0 aliphatic carbocycles. The van der Waals surface area contributed by atoms with Crippen LogP contribution in [0.1, 0.15) is 24.0 Å². The third-order valence-electron chi connectivity index (χ3n) is 4.09. The number of rotatable bonds is 1. The molecule has 0 spiro atoms. The van der Waals surface area contributed by atoms with Crippen molar-refractivity contribution in [1.82, 2.24) is 10.2 Å². The molecule has 0 aromatic heterocycles. The van der Waals surface area contributed by atoms with E-state index < -0.39 is 0 Å². The molecule has 1 saturated heterocycles. The first-order valence-electron chi connectivity index (χ1n) is 6.93. The lowest BCUT2D eigenvalue weighted by atomic mass is 10.0. The Bertz CT molecular complexity index is 411. The molecule has 0 saturated carbocycles. The smallest absolute Gasteiger partial charge is 0.239 e. The van der Waals surface area contributed by atoms with Gasteiger partial charge in [0, 0.05) is 13.1 Å². The molecule has 96 valence electrons. The van der Waals surface area contributed by atoms with Crippen molar-refractivity contribution in [2.24, 2.45) is 0 Å². The summed E-state index contributed by atoms with van der Waals surface area (Å²) in [6.45, 7) is 2.73. The number of nitrogens with zero attached hydrogens (tertiary/aromatic N) is 1. The molecular formula is C15H20N2O. The van der Waals surface area contributed by atoms with Gasteiger partial charge in [0.1, 0.15) is 0 Å². The summed E-state index contributed by atoms with van der Waals surface area (Å²) in [4.78, 5) is 14.4. The van der Waals surface area contributed by atoms with Gasteiger partial charge in [0.2, 0.25) is 5.91 Å². The summed E-state index contributed by atoms with van der Waals surface area (Å²) < 4.78 is 0. The minimum absolute atomic E-state index is 0.0752. The van der Waals surface area contributed by atoms with Gasteiger partial charge in [0.15, 0.2) is 0 Å². The number of carbonyl (C=O) groups is 1. The van der Waals surface area contributed by atoms with E-state index in [2.05, 4.69) is 29.6 Å². The predicted octanol–water partition coefficient (Wildman–Crippen LogP) is 1.37. The standard InChI is InChI=1S/C15H20N2O/c18-15(14-6-3-9-16-14)17-10-7-12-4-1-2-5-13(12)8-11-17/h1-2,4-5,14,16H,3,6-11H2/t14-/m1/s1. The van der Waals surface area contributed by atoms with Crippen LogP contribution in [0, 0.1) is 0 Å². The van der Waals surface area contributed by atoms with Crippen molar-refractivity contribution in [1.29, 1.82) is 0 Å². The minimum atomic E-state index is 0.0752. The SMILES string of the molecule is O=C([C@H]1CCCN1)N1CCc2ccccc2CC1. The van der Waals surface area contributed by atoms with E-state index in [0.29, 0.717) is 5.91 Å². The Morgan fingerprint density at radius 3 is 2.39 bits per heavy atom. The summed E-state index contributed by atoms with van der Waals surface area (Å²) in [7, 11) is 0. The van der Waals surface area contributed by atoms with Gasteiger partial charge in [0.25, 0.3) is 0 Å². The topological polar surface area (TPSA) is 32.3 Å². The molecule has 1 amide bonds. The van der Waals surface area contributed by atoms with Crippen molar-refractivity contribution >= 4 is 5.91 Å². The molecule has 1 aromatic rings. The van der Waals surface area contributed by atoms with Crippen LogP contribution in [0.5, 0.6) is 0 Å². The first kappa shape index (κ1) is 11.7. The quantitative estimate of drug-likeness (QED) is 0.809. The summed E-state index contributed by atoms with van der Waals surface area (Å²) in [5.74, 6) is 0.306. The molecule has 0 bridgehead atoms. The highest BCUT2D eigenvalue weighted by Crippen LogP contribution is 2.17. The summed E-state index contributed by atoms with van der Waals surface area (Å²) >= 11 is 0. The number of hydrogen-bond donors (Lipinski definition) is 1. The van der Waals surface area contributed by atoms with Crippen LogP contribution in [0.2, 0.25) is 0 Å². The Labute approximate surface area is 108 Å². The lowest BCUT2D eigenvalue weighted by molar-refractivity contribution is -0.132. The van der Waals surface area contributed by atoms with Crippen LogP contribution in [0.3, 0.4) is 0 Å². The molecule has 2 heterocycles. The molecule has 1 atom stereocenters. The van der Waals surface area contributed by atoms with Gasteiger partial charge in [0.05, 0.1) is 6.04 Å². The van der Waals surface area contributed by atoms with E-state index in [0.717, 1.165) is 45.3 Å². The molecule has 0 radical (unpaired) electrons. The third kappa shape index (κ3) is 2.27. The van der Waals surface area contributed by atoms with Crippen LogP contribution < -0.4 is 5.32 Å². The van der Waals surface area contributed by atoms with Crippen molar-refractivity contribution in [2.75, 3.05) is 19.6 Å². The van der Waals surface area contributed by atoms with E-state index in [1.54, 1.807) is 0 Å². The third-order valence-corrected chi connectivity index (χ3v) is 4.09. The van der Waals surface area contributed by atoms with Crippen LogP contribution in [0.4, 0.5) is 0 Å². The number of carbonyl (C=O) groups excluding carboxylic acids is 1. The number of nitrogens with one attached hydrogen (secondary N) is 1. The lowest BCUT2D eigenvalue weighted by Gasteiger charge is -2.23. The van der Waals surface area contributed by atoms with E-state index in [1.165, 1.54) is 11.1 Å². The van der Waals surface area contributed by atoms with E-state index in [9.17, 15) is 4.79 Å². The van der Waals surface area contributed by atoms with E-state index in [4.69, 9.17) is 0 Å². The molecule has 2 aliphatic heterocycles. The Kier molecular flexibility index (Phi) is 3.33. The zero-order valence-electron chi connectivity index (χ0n) is 10.7. The van der Waals surface area contributed by atoms with Gasteiger partial charge in [-0.05, 0) is 43.4 Å². The first-order chi connectivity index (χ1) is 8.84. The molecule has 3 rings (SSSR count). The van der Waals surface area contributed by atoms with Crippen LogP contribution in [-0.4, -0.2) is 36.5 Å². The molecule has 3 nitrogen and oxygen atoms in total. The first-order valence-corrected chi connectivity index (χ1v) is 6.93. The number of hydrogen-bond acceptors (Lipinski definition) is 2. The molecule has 1 aromatic carbocycles. The number of fused-ring (bicyclic) bond motifs is 1. The lowest BCUT2D eigenvalue weighted by Crippen LogP contribution is -2.44. The van der Waals surface area contributed by atoms with Gasteiger partial charge in [-0.1, -0.05) is 24.3 Å². The molecule has 1 N–H and O–H groups in total. The fourth-order valence-electron chi connectivity index (χ4n) is 3.00. The van der Waals surface area contributed by atoms with Gasteiger partial charge in [-0.25, -0.2) is 0 Å². The Balaban J connectivity index is 1.69. The molecule has 18 heavy (non-hydrogen) atoms. The highest BCUT2D eigenvalue weighted by molar-refractivity contribution is 5.82. The Morgan fingerprint density at radius 1 is 1.17 bits per heavy atom. The van der Waals surface area contributed by atoms with Gasteiger partial charge in [-0.15, -0.1) is 0 Å². The monoisotopic (exact) mass is 244 g/mol. The van der Waals surface area contributed by atoms with Crippen molar-refractivity contribution in [2.45, 2.75) is 31.7 Å². The number of amides is 1. The summed E-state index contributed by atoms with van der Waals surface area (Å²) in [6.07, 6.45) is 4.12. The second-order valence-corrected chi connectivity index (χ2v) is 5.24. The Morgan fingerprint density at radius 2 is 1.83 bits per heavy atom. The molecule has 1 fully saturated rings. The average molecular weight is 244 g/mol. The number of benzene rings is 1. The molecule has 0 unspecified atom stereocenters. The molecule has 3 heteroatoms. The summed E-state index contributed by atoms with van der Waals surface area (Å²) in [5, 5.41) is 3.30. The summed E-state index contributed by atoms with van der Waals surface area (Å²) in [6, 6.07) is 8.64. The minimum Gasteiger partial charge on any atom is -0.341 e. The zero-order chi connectivity index (χ0) is 12.4. The van der Waals surface area contributed by atoms with Gasteiger partial charge in [-0.2, -0.15) is 0 Å². The second kappa shape index (κ2) is 5.11. The van der Waals surface area contributed by atoms with Crippen molar-refractivity contribution < 1.29 is 4.79 Å². The second-order valence-electron chi connectivity index (χ2n) is 5.24. The van der Waals surface area contributed by atoms with Gasteiger partial charge >= 0.3 is 0 Å². The maximum Gasteiger partial charge on any atom is 0.239 e. The summed E-state index contributed by atoms with van der Waals surface area (Å²) in [5.41, 5.74) is 2.82. The zero-order valence-corrected chi connectivity index (χ0v) is 10.7. The van der Waals surface area contributed by atoms with Gasteiger partial charge in [-0.3, -0.25) is 4.79 Å². The van der Waals surface area contributed by atoms with Crippen LogP contribution in [0.25, 0.3) is 0 Å². The molecular weight excluding hydrogens is 224 g/mol. The average Bonchev–Trinajstić information content (AvgIpc) is 2.85. The fourth-order valence-corrected chi connectivity index (χ4v) is 3.00. The fraction of sp³-hybridized carbons (Fsp3) is 0.533. The normalized spacial score (nSPS) is 23.6. The largest absolute Gasteiger partial charge is 0.341 e. The van der Waals surface area contributed by atoms with Crippen LogP contribution >= 0.6 is 0 Å². The maximum atomic E-state index is 12.4. The van der Waals surface area contributed by atoms with E-state index in [-0.39, 0.29) is 6.04 Å².